The number of aliphatic hydroxyl groups is 2. The van der Waals surface area contributed by atoms with E-state index in [1.165, 1.54) is 0 Å². The molecule has 2 N–H and O–H groups in total. The van der Waals surface area contributed by atoms with Crippen LogP contribution in [0.25, 0.3) is 0 Å². The zero-order chi connectivity index (χ0) is 5.98. The Hall–Kier alpha value is -0.160. The van der Waals surface area contributed by atoms with E-state index in [4.69, 9.17) is 10.2 Å². The van der Waals surface area contributed by atoms with E-state index in [0.717, 1.165) is 0 Å². The largest absolute Gasteiger partial charge is 0.371 e. The summed E-state index contributed by atoms with van der Waals surface area (Å²) >= 11 is 0. The molecule has 0 aromatic heterocycles. The molecule has 0 aromatic rings. The van der Waals surface area contributed by atoms with Crippen LogP contribution in [0.5, 0.6) is 0 Å². The maximum absolute atomic E-state index is 8.57. The molecule has 1 fully saturated rings. The predicted molar refractivity (Wildman–Crippen MR) is 23.9 cm³/mol. The summed E-state index contributed by atoms with van der Waals surface area (Å²) < 4.78 is 9.14. The fraction of sp³-hybridized carbons (Fsp3) is 1.00. The van der Waals surface area contributed by atoms with Gasteiger partial charge in [0.05, 0.1) is 13.2 Å². The Morgan fingerprint density at radius 2 is 1.62 bits per heavy atom. The number of rotatable bonds is 0. The molecule has 0 aliphatic carbocycles. The van der Waals surface area contributed by atoms with Gasteiger partial charge in [0.2, 0.25) is 0 Å². The first-order valence-corrected chi connectivity index (χ1v) is 2.38. The van der Waals surface area contributed by atoms with Crippen molar-refractivity contribution in [3.8, 4) is 0 Å². The van der Waals surface area contributed by atoms with Crippen LogP contribution < -0.4 is 0 Å². The molecule has 1 heterocycles. The third kappa shape index (κ3) is 1.41. The summed E-state index contributed by atoms with van der Waals surface area (Å²) in [5.74, 6) is 0. The predicted octanol–water partition coefficient (Wildman–Crippen LogP) is -1.33. The summed E-state index contributed by atoms with van der Waals surface area (Å²) in [5, 5.41) is 17.1. The summed E-state index contributed by atoms with van der Waals surface area (Å²) in [4.78, 5) is 0. The van der Waals surface area contributed by atoms with Crippen molar-refractivity contribution in [3.63, 3.8) is 0 Å². The van der Waals surface area contributed by atoms with Crippen molar-refractivity contribution < 1.29 is 19.7 Å². The first-order valence-electron chi connectivity index (χ1n) is 2.38. The molecule has 1 aliphatic rings. The van der Waals surface area contributed by atoms with Gasteiger partial charge >= 0.3 is 0 Å². The van der Waals surface area contributed by atoms with Crippen LogP contribution in [-0.4, -0.2) is 36.0 Å². The van der Waals surface area contributed by atoms with Gasteiger partial charge in [-0.2, -0.15) is 0 Å². The topological polar surface area (TPSA) is 58.9 Å². The molecule has 0 saturated carbocycles. The van der Waals surface area contributed by atoms with E-state index in [2.05, 4.69) is 9.47 Å². The van der Waals surface area contributed by atoms with Crippen molar-refractivity contribution in [1.29, 1.82) is 0 Å². The molecular weight excluding hydrogens is 112 g/mol. The third-order valence-corrected chi connectivity index (χ3v) is 0.835. The average molecular weight is 120 g/mol. The molecule has 0 spiro atoms. The molecule has 0 amide bonds. The monoisotopic (exact) mass is 120 g/mol. The van der Waals surface area contributed by atoms with Gasteiger partial charge in [0.25, 0.3) is 0 Å². The molecular formula is C4H8O4. The smallest absolute Gasteiger partial charge is 0.181 e. The lowest BCUT2D eigenvalue weighted by molar-refractivity contribution is -0.278. The Balaban J connectivity index is 2.23. The van der Waals surface area contributed by atoms with E-state index in [1.54, 1.807) is 0 Å². The van der Waals surface area contributed by atoms with Crippen LogP contribution in [0.4, 0.5) is 0 Å². The summed E-state index contributed by atoms with van der Waals surface area (Å²) in [6.45, 7) is 0.300. The van der Waals surface area contributed by atoms with Gasteiger partial charge in [-0.3, -0.25) is 0 Å². The van der Waals surface area contributed by atoms with Crippen LogP contribution in [0.2, 0.25) is 0 Å². The first-order chi connectivity index (χ1) is 3.79. The number of aliphatic hydroxyl groups excluding tert-OH is 2. The third-order valence-electron chi connectivity index (χ3n) is 0.835. The Morgan fingerprint density at radius 3 is 1.88 bits per heavy atom. The van der Waals surface area contributed by atoms with E-state index in [1.807, 2.05) is 0 Å². The average Bonchev–Trinajstić information content (AvgIpc) is 1.64. The van der Waals surface area contributed by atoms with E-state index < -0.39 is 12.6 Å². The second-order valence-electron chi connectivity index (χ2n) is 1.58. The molecule has 0 bridgehead atoms. The second kappa shape index (κ2) is 2.41. The van der Waals surface area contributed by atoms with Crippen molar-refractivity contribution >= 4 is 0 Å². The minimum absolute atomic E-state index is 0.150. The Morgan fingerprint density at radius 1 is 1.12 bits per heavy atom. The molecule has 0 radical (unpaired) electrons. The number of hydrogen-bond donors (Lipinski definition) is 2. The maximum atomic E-state index is 8.57. The van der Waals surface area contributed by atoms with Crippen molar-refractivity contribution in [2.75, 3.05) is 13.2 Å². The molecule has 48 valence electrons. The lowest BCUT2D eigenvalue weighted by atomic mass is 10.5. The molecule has 4 heteroatoms. The molecule has 0 aromatic carbocycles. The van der Waals surface area contributed by atoms with Crippen molar-refractivity contribution in [2.24, 2.45) is 0 Å². The second-order valence-corrected chi connectivity index (χ2v) is 1.58. The molecule has 1 saturated heterocycles. The Kier molecular flexibility index (Phi) is 1.80. The summed E-state index contributed by atoms with van der Waals surface area (Å²) in [5.41, 5.74) is 0. The van der Waals surface area contributed by atoms with Gasteiger partial charge in [0, 0.05) is 0 Å². The van der Waals surface area contributed by atoms with Gasteiger partial charge in [-0.15, -0.1) is 0 Å². The molecule has 2 atom stereocenters. The minimum Gasteiger partial charge on any atom is -0.371 e. The number of ether oxygens (including phenoxy) is 2. The zero-order valence-electron chi connectivity index (χ0n) is 4.28. The van der Waals surface area contributed by atoms with Crippen LogP contribution in [0.1, 0.15) is 0 Å². The lowest BCUT2D eigenvalue weighted by Gasteiger charge is -2.22. The van der Waals surface area contributed by atoms with E-state index in [9.17, 15) is 0 Å². The lowest BCUT2D eigenvalue weighted by Crippen LogP contribution is -2.35. The van der Waals surface area contributed by atoms with Crippen LogP contribution >= 0.6 is 0 Å². The molecule has 0 unspecified atom stereocenters. The minimum atomic E-state index is -0.959. The van der Waals surface area contributed by atoms with Gasteiger partial charge in [0.15, 0.2) is 12.6 Å². The van der Waals surface area contributed by atoms with Gasteiger partial charge in [-0.25, -0.2) is 0 Å². The van der Waals surface area contributed by atoms with E-state index in [-0.39, 0.29) is 13.2 Å². The van der Waals surface area contributed by atoms with E-state index >= 15 is 0 Å². The van der Waals surface area contributed by atoms with Crippen LogP contribution in [0.15, 0.2) is 0 Å². The zero-order valence-corrected chi connectivity index (χ0v) is 4.28. The molecule has 1 aliphatic heterocycles. The standard InChI is InChI=1S/C4H8O4/c5-3-1-7-2-4(6)8-3/h3-6H,1-2H2/t3-,4-/m1/s1. The SMILES string of the molecule is O[C@H]1COC[C@H](O)O1. The van der Waals surface area contributed by atoms with E-state index in [0.29, 0.717) is 0 Å². The fourth-order valence-corrected chi connectivity index (χ4v) is 0.530. The molecule has 1 rings (SSSR count). The van der Waals surface area contributed by atoms with Gasteiger partial charge in [-0.1, -0.05) is 0 Å². The Bertz CT molecular complexity index is 66.4. The maximum Gasteiger partial charge on any atom is 0.181 e. The summed E-state index contributed by atoms with van der Waals surface area (Å²) in [6, 6.07) is 0. The normalized spacial score (nSPS) is 39.8. The highest BCUT2D eigenvalue weighted by molar-refractivity contribution is 4.48. The Labute approximate surface area is 46.6 Å². The highest BCUT2D eigenvalue weighted by atomic mass is 16.7. The summed E-state index contributed by atoms with van der Waals surface area (Å²) in [7, 11) is 0. The fourth-order valence-electron chi connectivity index (χ4n) is 0.530. The van der Waals surface area contributed by atoms with Crippen molar-refractivity contribution in [3.05, 3.63) is 0 Å². The van der Waals surface area contributed by atoms with Gasteiger partial charge in [-0.05, 0) is 0 Å². The van der Waals surface area contributed by atoms with Gasteiger partial charge < -0.3 is 19.7 Å². The van der Waals surface area contributed by atoms with Crippen LogP contribution in [0.3, 0.4) is 0 Å². The van der Waals surface area contributed by atoms with Crippen molar-refractivity contribution in [1.82, 2.24) is 0 Å². The number of hydrogen-bond acceptors (Lipinski definition) is 4. The quantitative estimate of drug-likeness (QED) is 0.416. The summed E-state index contributed by atoms with van der Waals surface area (Å²) in [6.07, 6.45) is -1.92. The molecule has 4 nitrogen and oxygen atoms in total. The highest BCUT2D eigenvalue weighted by Crippen LogP contribution is 2.01. The molecule has 8 heavy (non-hydrogen) atoms. The van der Waals surface area contributed by atoms with Crippen LogP contribution in [0, 0.1) is 0 Å². The van der Waals surface area contributed by atoms with Gasteiger partial charge in [0.1, 0.15) is 0 Å². The van der Waals surface area contributed by atoms with Crippen LogP contribution in [-0.2, 0) is 9.47 Å². The van der Waals surface area contributed by atoms with Crippen molar-refractivity contribution in [2.45, 2.75) is 12.6 Å². The highest BCUT2D eigenvalue weighted by Gasteiger charge is 2.17. The first kappa shape index (κ1) is 5.97.